The first-order valence-corrected chi connectivity index (χ1v) is 7.16. The average Bonchev–Trinajstić information content (AvgIpc) is 3.11. The van der Waals surface area contributed by atoms with Crippen molar-refractivity contribution in [3.63, 3.8) is 0 Å². The first-order valence-electron chi connectivity index (χ1n) is 7.16. The fraction of sp³-hybridized carbons (Fsp3) is 0.857. The minimum absolute atomic E-state index is 0.153. The van der Waals surface area contributed by atoms with Crippen molar-refractivity contribution in [3.05, 3.63) is 0 Å². The van der Waals surface area contributed by atoms with Crippen LogP contribution in [0.5, 0.6) is 0 Å². The summed E-state index contributed by atoms with van der Waals surface area (Å²) in [5, 5.41) is 11.8. The number of carboxylic acid groups (broad SMARTS) is 1. The number of rotatable bonds is 6. The predicted molar refractivity (Wildman–Crippen MR) is 71.8 cm³/mol. The zero-order chi connectivity index (χ0) is 14.0. The molecule has 1 atom stereocenters. The van der Waals surface area contributed by atoms with Crippen LogP contribution in [-0.4, -0.2) is 42.1 Å². The molecule has 0 heterocycles. The van der Waals surface area contributed by atoms with Crippen LogP contribution in [0.4, 0.5) is 4.79 Å². The molecule has 0 aromatic rings. The Hall–Kier alpha value is -1.26. The number of nitrogens with one attached hydrogen (secondary N) is 1. The van der Waals surface area contributed by atoms with Crippen molar-refractivity contribution in [2.75, 3.05) is 20.1 Å². The van der Waals surface area contributed by atoms with Crippen LogP contribution in [0.15, 0.2) is 0 Å². The molecule has 2 rings (SSSR count). The van der Waals surface area contributed by atoms with Gasteiger partial charge in [0.2, 0.25) is 0 Å². The molecule has 2 fully saturated rings. The highest BCUT2D eigenvalue weighted by molar-refractivity contribution is 5.75. The first-order chi connectivity index (χ1) is 8.94. The Labute approximate surface area is 114 Å². The molecular weight excluding hydrogens is 244 g/mol. The average molecular weight is 268 g/mol. The Morgan fingerprint density at radius 3 is 2.47 bits per heavy atom. The molecule has 2 saturated carbocycles. The lowest BCUT2D eigenvalue weighted by molar-refractivity contribution is -0.141. The summed E-state index contributed by atoms with van der Waals surface area (Å²) < 4.78 is 0. The number of amides is 2. The number of aliphatic carboxylic acids is 1. The molecular formula is C14H24N2O3. The molecule has 0 saturated heterocycles. The van der Waals surface area contributed by atoms with E-state index in [1.54, 1.807) is 14.0 Å². The Bertz CT molecular complexity index is 362. The highest BCUT2D eigenvalue weighted by atomic mass is 16.4. The lowest BCUT2D eigenvalue weighted by Crippen LogP contribution is -2.48. The van der Waals surface area contributed by atoms with Crippen LogP contribution in [0.25, 0.3) is 0 Å². The Morgan fingerprint density at radius 2 is 2.05 bits per heavy atom. The topological polar surface area (TPSA) is 69.6 Å². The number of hydrogen-bond donors (Lipinski definition) is 2. The van der Waals surface area contributed by atoms with Crippen LogP contribution >= 0.6 is 0 Å². The molecule has 2 amide bonds. The SMILES string of the molecule is CC(CN(C)C(=O)NCC1(C2CC2)CCC1)C(=O)O. The van der Waals surface area contributed by atoms with Gasteiger partial charge < -0.3 is 15.3 Å². The lowest BCUT2D eigenvalue weighted by atomic mass is 9.65. The van der Waals surface area contributed by atoms with E-state index in [2.05, 4.69) is 5.32 Å². The summed E-state index contributed by atoms with van der Waals surface area (Å²) in [4.78, 5) is 24.2. The molecule has 5 nitrogen and oxygen atoms in total. The number of carboxylic acids is 1. The van der Waals surface area contributed by atoms with Crippen LogP contribution in [-0.2, 0) is 4.79 Å². The van der Waals surface area contributed by atoms with E-state index in [0.29, 0.717) is 5.41 Å². The van der Waals surface area contributed by atoms with Gasteiger partial charge in [0.25, 0.3) is 0 Å². The molecule has 5 heteroatoms. The molecule has 2 N–H and O–H groups in total. The van der Waals surface area contributed by atoms with Gasteiger partial charge in [0.15, 0.2) is 0 Å². The van der Waals surface area contributed by atoms with E-state index >= 15 is 0 Å². The van der Waals surface area contributed by atoms with Crippen LogP contribution in [0, 0.1) is 17.3 Å². The molecule has 0 aromatic carbocycles. The number of hydrogen-bond acceptors (Lipinski definition) is 2. The van der Waals surface area contributed by atoms with Crippen LogP contribution in [0.2, 0.25) is 0 Å². The molecule has 1 unspecified atom stereocenters. The standard InChI is InChI=1S/C14H24N2O3/c1-10(12(17)18)8-16(2)13(19)15-9-14(6-3-7-14)11-4-5-11/h10-11H,3-9H2,1-2H3,(H,15,19)(H,17,18). The van der Waals surface area contributed by atoms with Gasteiger partial charge in [-0.3, -0.25) is 4.79 Å². The fourth-order valence-electron chi connectivity index (χ4n) is 3.01. The maximum absolute atomic E-state index is 12.0. The molecule has 0 radical (unpaired) electrons. The van der Waals surface area contributed by atoms with Gasteiger partial charge >= 0.3 is 12.0 Å². The third-order valence-electron chi connectivity index (χ3n) is 4.70. The van der Waals surface area contributed by atoms with Crippen molar-refractivity contribution >= 4 is 12.0 Å². The van der Waals surface area contributed by atoms with Gasteiger partial charge in [0.1, 0.15) is 0 Å². The molecule has 108 valence electrons. The maximum Gasteiger partial charge on any atom is 0.317 e. The maximum atomic E-state index is 12.0. The molecule has 0 spiro atoms. The molecule has 0 bridgehead atoms. The van der Waals surface area contributed by atoms with Gasteiger partial charge in [-0.2, -0.15) is 0 Å². The third-order valence-corrected chi connectivity index (χ3v) is 4.70. The van der Waals surface area contributed by atoms with Crippen molar-refractivity contribution in [2.24, 2.45) is 17.3 Å². The van der Waals surface area contributed by atoms with Gasteiger partial charge in [0.05, 0.1) is 5.92 Å². The quantitative estimate of drug-likeness (QED) is 0.773. The second-order valence-corrected chi connectivity index (χ2v) is 6.27. The largest absolute Gasteiger partial charge is 0.481 e. The second kappa shape index (κ2) is 5.39. The lowest BCUT2D eigenvalue weighted by Gasteiger charge is -2.43. The fourth-order valence-corrected chi connectivity index (χ4v) is 3.01. The summed E-state index contributed by atoms with van der Waals surface area (Å²) in [5.41, 5.74) is 0.356. The van der Waals surface area contributed by atoms with Gasteiger partial charge in [-0.25, -0.2) is 4.79 Å². The van der Waals surface area contributed by atoms with E-state index in [-0.39, 0.29) is 12.6 Å². The van der Waals surface area contributed by atoms with Crippen molar-refractivity contribution < 1.29 is 14.7 Å². The summed E-state index contributed by atoms with van der Waals surface area (Å²) in [5.74, 6) is -0.588. The summed E-state index contributed by atoms with van der Waals surface area (Å²) in [6.07, 6.45) is 6.35. The summed E-state index contributed by atoms with van der Waals surface area (Å²) in [6, 6.07) is -0.153. The third kappa shape index (κ3) is 3.19. The first kappa shape index (κ1) is 14.2. The van der Waals surface area contributed by atoms with E-state index in [0.717, 1.165) is 12.5 Å². The Morgan fingerprint density at radius 1 is 1.42 bits per heavy atom. The molecule has 2 aliphatic carbocycles. The zero-order valence-electron chi connectivity index (χ0n) is 11.8. The van der Waals surface area contributed by atoms with Crippen LogP contribution < -0.4 is 5.32 Å². The Balaban J connectivity index is 1.75. The van der Waals surface area contributed by atoms with Crippen LogP contribution in [0.3, 0.4) is 0 Å². The number of urea groups is 1. The number of carbonyl (C=O) groups excluding carboxylic acids is 1. The van der Waals surface area contributed by atoms with E-state index in [1.165, 1.54) is 37.0 Å². The van der Waals surface area contributed by atoms with Gasteiger partial charge in [-0.05, 0) is 37.0 Å². The molecule has 19 heavy (non-hydrogen) atoms. The normalized spacial score (nSPS) is 22.2. The predicted octanol–water partition coefficient (Wildman–Crippen LogP) is 1.93. The van der Waals surface area contributed by atoms with Crippen molar-refractivity contribution in [3.8, 4) is 0 Å². The summed E-state index contributed by atoms with van der Waals surface area (Å²) in [6.45, 7) is 2.61. The van der Waals surface area contributed by atoms with E-state index in [4.69, 9.17) is 5.11 Å². The molecule has 0 aliphatic heterocycles. The minimum atomic E-state index is -0.868. The van der Waals surface area contributed by atoms with Crippen molar-refractivity contribution in [1.29, 1.82) is 0 Å². The Kier molecular flexibility index (Phi) is 4.02. The summed E-state index contributed by atoms with van der Waals surface area (Å²) >= 11 is 0. The highest BCUT2D eigenvalue weighted by Crippen LogP contribution is 2.56. The van der Waals surface area contributed by atoms with Gasteiger partial charge in [-0.1, -0.05) is 13.3 Å². The van der Waals surface area contributed by atoms with Crippen LogP contribution in [0.1, 0.15) is 39.0 Å². The highest BCUT2D eigenvalue weighted by Gasteiger charge is 2.48. The zero-order valence-corrected chi connectivity index (χ0v) is 11.8. The second-order valence-electron chi connectivity index (χ2n) is 6.27. The smallest absolute Gasteiger partial charge is 0.317 e. The van der Waals surface area contributed by atoms with Gasteiger partial charge in [0, 0.05) is 20.1 Å². The molecule has 2 aliphatic rings. The van der Waals surface area contributed by atoms with Crippen molar-refractivity contribution in [1.82, 2.24) is 10.2 Å². The van der Waals surface area contributed by atoms with E-state index in [9.17, 15) is 9.59 Å². The number of carbonyl (C=O) groups is 2. The number of nitrogens with zero attached hydrogens (tertiary/aromatic N) is 1. The summed E-state index contributed by atoms with van der Waals surface area (Å²) in [7, 11) is 1.65. The van der Waals surface area contributed by atoms with E-state index in [1.807, 2.05) is 0 Å². The van der Waals surface area contributed by atoms with E-state index < -0.39 is 11.9 Å². The minimum Gasteiger partial charge on any atom is -0.481 e. The van der Waals surface area contributed by atoms with Gasteiger partial charge in [-0.15, -0.1) is 0 Å². The molecule has 0 aromatic heterocycles. The van der Waals surface area contributed by atoms with Crippen molar-refractivity contribution in [2.45, 2.75) is 39.0 Å². The monoisotopic (exact) mass is 268 g/mol.